The quantitative estimate of drug-likeness (QED) is 0.516. The second-order valence-corrected chi connectivity index (χ2v) is 6.74. The maximum Gasteiger partial charge on any atom is 0.247 e. The van der Waals surface area contributed by atoms with Crippen molar-refractivity contribution in [1.29, 1.82) is 0 Å². The summed E-state index contributed by atoms with van der Waals surface area (Å²) in [6.45, 7) is 0. The molecule has 0 saturated carbocycles. The number of aromatic nitrogens is 4. The van der Waals surface area contributed by atoms with E-state index in [1.807, 2.05) is 48.5 Å². The Morgan fingerprint density at radius 1 is 1.04 bits per heavy atom. The minimum atomic E-state index is 0.526. The lowest BCUT2D eigenvalue weighted by atomic mass is 10.2. The number of aromatic amines is 1. The predicted octanol–water partition coefficient (Wildman–Crippen LogP) is 4.67. The average Bonchev–Trinajstić information content (AvgIpc) is 3.20. The molecule has 0 bridgehead atoms. The van der Waals surface area contributed by atoms with Gasteiger partial charge in [0.1, 0.15) is 0 Å². The number of nitrogens with zero attached hydrogens (tertiary/aromatic N) is 3. The minimum Gasteiger partial charge on any atom is -0.420 e. The third-order valence-electron chi connectivity index (χ3n) is 3.26. The molecule has 4 rings (SSSR count). The molecule has 0 amide bonds. The number of thioether (sulfide) groups is 1. The van der Waals surface area contributed by atoms with E-state index in [1.165, 1.54) is 11.8 Å². The fourth-order valence-corrected chi connectivity index (χ4v) is 3.14. The van der Waals surface area contributed by atoms with E-state index in [2.05, 4.69) is 36.1 Å². The molecule has 0 unspecified atom stereocenters. The molecule has 1 N–H and O–H groups in total. The van der Waals surface area contributed by atoms with Crippen LogP contribution in [0.1, 0.15) is 5.89 Å². The zero-order chi connectivity index (χ0) is 15.6. The number of H-pyrrole nitrogens is 1. The van der Waals surface area contributed by atoms with E-state index in [1.54, 1.807) is 0 Å². The Morgan fingerprint density at radius 2 is 1.87 bits per heavy atom. The van der Waals surface area contributed by atoms with E-state index >= 15 is 0 Å². The Balaban J connectivity index is 1.48. The average molecular weight is 387 g/mol. The SMILES string of the molecule is Brc1ccc(-c2nnc(CSc3nc4ccccc4[nH]3)o2)cc1. The van der Waals surface area contributed by atoms with E-state index in [0.717, 1.165) is 26.2 Å². The van der Waals surface area contributed by atoms with Gasteiger partial charge >= 0.3 is 0 Å². The van der Waals surface area contributed by atoms with Crippen molar-refractivity contribution in [3.05, 3.63) is 58.9 Å². The van der Waals surface area contributed by atoms with Crippen molar-refractivity contribution in [2.75, 3.05) is 0 Å². The highest BCUT2D eigenvalue weighted by molar-refractivity contribution is 9.10. The highest BCUT2D eigenvalue weighted by atomic mass is 79.9. The van der Waals surface area contributed by atoms with Crippen LogP contribution >= 0.6 is 27.7 Å². The van der Waals surface area contributed by atoms with Crippen LogP contribution in [0, 0.1) is 0 Å². The summed E-state index contributed by atoms with van der Waals surface area (Å²) in [5.74, 6) is 1.68. The van der Waals surface area contributed by atoms with Crippen LogP contribution < -0.4 is 0 Å². The van der Waals surface area contributed by atoms with E-state index in [4.69, 9.17) is 4.42 Å². The fraction of sp³-hybridized carbons (Fsp3) is 0.0625. The van der Waals surface area contributed by atoms with E-state index in [0.29, 0.717) is 17.5 Å². The van der Waals surface area contributed by atoms with Gasteiger partial charge in [-0.3, -0.25) is 0 Å². The number of imidazole rings is 1. The second-order valence-electron chi connectivity index (χ2n) is 4.86. The van der Waals surface area contributed by atoms with Crippen LogP contribution in [-0.2, 0) is 5.75 Å². The van der Waals surface area contributed by atoms with Crippen LogP contribution in [0.5, 0.6) is 0 Å². The number of nitrogens with one attached hydrogen (secondary N) is 1. The molecule has 2 heterocycles. The van der Waals surface area contributed by atoms with E-state index in [-0.39, 0.29) is 0 Å². The number of hydrogen-bond donors (Lipinski definition) is 1. The lowest BCUT2D eigenvalue weighted by Gasteiger charge is -1.95. The molecule has 0 spiro atoms. The Morgan fingerprint density at radius 3 is 2.70 bits per heavy atom. The lowest BCUT2D eigenvalue weighted by molar-refractivity contribution is 0.528. The van der Waals surface area contributed by atoms with Gasteiger partial charge in [0.2, 0.25) is 11.8 Å². The molecule has 0 aliphatic rings. The molecular weight excluding hydrogens is 376 g/mol. The predicted molar refractivity (Wildman–Crippen MR) is 93.1 cm³/mol. The van der Waals surface area contributed by atoms with E-state index < -0.39 is 0 Å². The molecule has 5 nitrogen and oxygen atoms in total. The normalized spacial score (nSPS) is 11.2. The number of benzene rings is 2. The monoisotopic (exact) mass is 386 g/mol. The van der Waals surface area contributed by atoms with Gasteiger partial charge < -0.3 is 9.40 Å². The molecule has 7 heteroatoms. The summed E-state index contributed by atoms with van der Waals surface area (Å²) < 4.78 is 6.72. The summed E-state index contributed by atoms with van der Waals surface area (Å²) in [7, 11) is 0. The highest BCUT2D eigenvalue weighted by Crippen LogP contribution is 2.25. The standard InChI is InChI=1S/C16H11BrN4OS/c17-11-7-5-10(6-8-11)15-21-20-14(22-15)9-23-16-18-12-3-1-2-4-13(12)19-16/h1-8H,9H2,(H,18,19). The molecule has 2 aromatic heterocycles. The third kappa shape index (κ3) is 3.16. The first kappa shape index (κ1) is 14.5. The minimum absolute atomic E-state index is 0.526. The van der Waals surface area contributed by atoms with Crippen molar-refractivity contribution >= 4 is 38.7 Å². The van der Waals surface area contributed by atoms with Crippen molar-refractivity contribution in [2.45, 2.75) is 10.9 Å². The number of para-hydroxylation sites is 2. The van der Waals surface area contributed by atoms with Crippen LogP contribution in [0.25, 0.3) is 22.5 Å². The molecule has 0 fully saturated rings. The van der Waals surface area contributed by atoms with Gasteiger partial charge in [-0.05, 0) is 36.4 Å². The van der Waals surface area contributed by atoms with Crippen LogP contribution in [-0.4, -0.2) is 20.2 Å². The maximum atomic E-state index is 5.71. The van der Waals surface area contributed by atoms with Gasteiger partial charge in [-0.25, -0.2) is 4.98 Å². The van der Waals surface area contributed by atoms with Crippen LogP contribution in [0.3, 0.4) is 0 Å². The molecule has 2 aromatic carbocycles. The van der Waals surface area contributed by atoms with Gasteiger partial charge in [0.25, 0.3) is 0 Å². The van der Waals surface area contributed by atoms with Gasteiger partial charge in [0.05, 0.1) is 16.8 Å². The van der Waals surface area contributed by atoms with Crippen molar-refractivity contribution in [2.24, 2.45) is 0 Å². The van der Waals surface area contributed by atoms with Crippen molar-refractivity contribution < 1.29 is 4.42 Å². The molecule has 0 aliphatic heterocycles. The molecule has 0 atom stereocenters. The highest BCUT2D eigenvalue weighted by Gasteiger charge is 2.10. The Bertz CT molecular complexity index is 915. The molecule has 0 aliphatic carbocycles. The van der Waals surface area contributed by atoms with Gasteiger partial charge in [-0.15, -0.1) is 10.2 Å². The summed E-state index contributed by atoms with van der Waals surface area (Å²) in [6, 6.07) is 15.7. The number of fused-ring (bicyclic) bond motifs is 1. The molecule has 0 saturated heterocycles. The van der Waals surface area contributed by atoms with Crippen molar-refractivity contribution in [1.82, 2.24) is 20.2 Å². The molecule has 0 radical (unpaired) electrons. The number of hydrogen-bond acceptors (Lipinski definition) is 5. The zero-order valence-corrected chi connectivity index (χ0v) is 14.3. The van der Waals surface area contributed by atoms with Gasteiger partial charge in [-0.1, -0.05) is 39.8 Å². The first-order valence-electron chi connectivity index (χ1n) is 6.94. The van der Waals surface area contributed by atoms with Crippen LogP contribution in [0.15, 0.2) is 62.6 Å². The second kappa shape index (κ2) is 6.17. The fourth-order valence-electron chi connectivity index (χ4n) is 2.15. The zero-order valence-electron chi connectivity index (χ0n) is 11.9. The third-order valence-corrected chi connectivity index (χ3v) is 4.64. The summed E-state index contributed by atoms with van der Waals surface area (Å²) in [6.07, 6.45) is 0. The summed E-state index contributed by atoms with van der Waals surface area (Å²) in [4.78, 5) is 7.78. The molecule has 114 valence electrons. The summed E-state index contributed by atoms with van der Waals surface area (Å²) in [5, 5.41) is 9.03. The lowest BCUT2D eigenvalue weighted by Crippen LogP contribution is -1.81. The van der Waals surface area contributed by atoms with Gasteiger partial charge in [0.15, 0.2) is 5.16 Å². The number of rotatable bonds is 4. The Hall–Kier alpha value is -2.12. The largest absolute Gasteiger partial charge is 0.420 e. The molecule has 4 aromatic rings. The molecule has 23 heavy (non-hydrogen) atoms. The topological polar surface area (TPSA) is 67.6 Å². The summed E-state index contributed by atoms with van der Waals surface area (Å²) in [5.41, 5.74) is 2.88. The van der Waals surface area contributed by atoms with Crippen molar-refractivity contribution in [3.63, 3.8) is 0 Å². The van der Waals surface area contributed by atoms with Gasteiger partial charge in [0, 0.05) is 10.0 Å². The van der Waals surface area contributed by atoms with Crippen LogP contribution in [0.4, 0.5) is 0 Å². The Kier molecular flexibility index (Phi) is 3.88. The first-order chi connectivity index (χ1) is 11.3. The smallest absolute Gasteiger partial charge is 0.247 e. The van der Waals surface area contributed by atoms with E-state index in [9.17, 15) is 0 Å². The maximum absolute atomic E-state index is 5.71. The van der Waals surface area contributed by atoms with Gasteiger partial charge in [-0.2, -0.15) is 0 Å². The first-order valence-corrected chi connectivity index (χ1v) is 8.72. The van der Waals surface area contributed by atoms with Crippen molar-refractivity contribution in [3.8, 4) is 11.5 Å². The molecular formula is C16H11BrN4OS. The number of halogens is 1. The Labute approximate surface area is 144 Å². The summed E-state index contributed by atoms with van der Waals surface area (Å²) >= 11 is 4.95. The van der Waals surface area contributed by atoms with Crippen LogP contribution in [0.2, 0.25) is 0 Å².